The summed E-state index contributed by atoms with van der Waals surface area (Å²) in [6, 6.07) is 0. The first-order valence-corrected chi connectivity index (χ1v) is 6.60. The van der Waals surface area contributed by atoms with Gasteiger partial charge in [0.25, 0.3) is 0 Å². The van der Waals surface area contributed by atoms with Crippen molar-refractivity contribution in [3.8, 4) is 0 Å². The van der Waals surface area contributed by atoms with E-state index in [1.165, 1.54) is 0 Å². The summed E-state index contributed by atoms with van der Waals surface area (Å²) in [6.07, 6.45) is 0. The monoisotopic (exact) mass is 236 g/mol. The van der Waals surface area contributed by atoms with Crippen molar-refractivity contribution in [1.82, 2.24) is 10.2 Å². The highest BCUT2D eigenvalue weighted by molar-refractivity contribution is 7.92. The molecule has 1 N–H and O–H groups in total. The van der Waals surface area contributed by atoms with Crippen molar-refractivity contribution in [2.75, 3.05) is 20.1 Å². The Bertz CT molecular complexity index is 308. The summed E-state index contributed by atoms with van der Waals surface area (Å²) in [5.74, 6) is 0. The molecule has 0 amide bonds. The minimum absolute atomic E-state index is 0.336. The topological polar surface area (TPSA) is 49.4 Å². The van der Waals surface area contributed by atoms with E-state index in [9.17, 15) is 8.42 Å². The van der Waals surface area contributed by atoms with E-state index in [4.69, 9.17) is 12.2 Å². The third-order valence-electron chi connectivity index (χ3n) is 2.58. The first kappa shape index (κ1) is 11.7. The Hall–Kier alpha value is -0.360. The fraction of sp³-hybridized carbons (Fsp3) is 0.875. The second-order valence-electron chi connectivity index (χ2n) is 3.67. The lowest BCUT2D eigenvalue weighted by Crippen LogP contribution is -2.54. The minimum atomic E-state index is -2.94. The number of nitrogens with one attached hydrogen (secondary N) is 1. The molecule has 0 spiro atoms. The second kappa shape index (κ2) is 4.02. The van der Waals surface area contributed by atoms with Crippen LogP contribution in [0.3, 0.4) is 0 Å². The van der Waals surface area contributed by atoms with E-state index in [0.29, 0.717) is 18.2 Å². The Balaban J connectivity index is 2.81. The fourth-order valence-electron chi connectivity index (χ4n) is 1.62. The van der Waals surface area contributed by atoms with E-state index < -0.39 is 9.84 Å². The zero-order chi connectivity index (χ0) is 10.9. The van der Waals surface area contributed by atoms with Crippen molar-refractivity contribution >= 4 is 27.2 Å². The van der Waals surface area contributed by atoms with Gasteiger partial charge in [-0.2, -0.15) is 0 Å². The first-order valence-electron chi connectivity index (χ1n) is 4.59. The standard InChI is InChI=1S/C8H16N2O2S2/c1-6-4-10(8(13)9-3)5-7(2)14(6,11)12/h6-7H,4-5H2,1-3H3,(H,9,13). The van der Waals surface area contributed by atoms with Crippen LogP contribution in [0, 0.1) is 0 Å². The predicted octanol–water partition coefficient (Wildman–Crippen LogP) is -0.00190. The first-order chi connectivity index (χ1) is 6.39. The van der Waals surface area contributed by atoms with Gasteiger partial charge in [0.15, 0.2) is 14.9 Å². The molecule has 1 heterocycles. The maximum absolute atomic E-state index is 11.7. The fourth-order valence-corrected chi connectivity index (χ4v) is 3.34. The van der Waals surface area contributed by atoms with Crippen LogP contribution < -0.4 is 5.32 Å². The third-order valence-corrected chi connectivity index (χ3v) is 5.58. The summed E-state index contributed by atoms with van der Waals surface area (Å²) in [6.45, 7) is 4.45. The van der Waals surface area contributed by atoms with Crippen LogP contribution >= 0.6 is 12.2 Å². The van der Waals surface area contributed by atoms with Gasteiger partial charge in [-0.1, -0.05) is 0 Å². The zero-order valence-corrected chi connectivity index (χ0v) is 10.3. The zero-order valence-electron chi connectivity index (χ0n) is 8.65. The smallest absolute Gasteiger partial charge is 0.168 e. The predicted molar refractivity (Wildman–Crippen MR) is 61.1 cm³/mol. The highest BCUT2D eigenvalue weighted by atomic mass is 32.2. The molecule has 0 bridgehead atoms. The molecule has 0 aromatic heterocycles. The molecule has 1 aliphatic rings. The van der Waals surface area contributed by atoms with Gasteiger partial charge in [-0.3, -0.25) is 0 Å². The van der Waals surface area contributed by atoms with Gasteiger partial charge in [0.05, 0.1) is 10.5 Å². The average molecular weight is 236 g/mol. The quantitative estimate of drug-likeness (QED) is 0.600. The van der Waals surface area contributed by atoms with Crippen molar-refractivity contribution in [2.24, 2.45) is 0 Å². The maximum Gasteiger partial charge on any atom is 0.168 e. The largest absolute Gasteiger partial charge is 0.366 e. The van der Waals surface area contributed by atoms with Gasteiger partial charge in [-0.15, -0.1) is 0 Å². The molecule has 1 rings (SSSR count). The number of thiocarbonyl (C=S) groups is 1. The van der Waals surface area contributed by atoms with Gasteiger partial charge < -0.3 is 10.2 Å². The molecule has 4 nitrogen and oxygen atoms in total. The van der Waals surface area contributed by atoms with Crippen LogP contribution in [0.1, 0.15) is 13.8 Å². The molecule has 2 atom stereocenters. The molecular weight excluding hydrogens is 220 g/mol. The second-order valence-corrected chi connectivity index (χ2v) is 6.84. The Labute approximate surface area is 90.6 Å². The summed E-state index contributed by atoms with van der Waals surface area (Å²) in [7, 11) is -1.19. The SMILES string of the molecule is CNC(=S)N1CC(C)S(=O)(=O)C(C)C1. The van der Waals surface area contributed by atoms with Gasteiger partial charge in [-0.05, 0) is 26.1 Å². The Morgan fingerprint density at radius 2 is 1.79 bits per heavy atom. The Morgan fingerprint density at radius 3 is 2.14 bits per heavy atom. The van der Waals surface area contributed by atoms with Gasteiger partial charge in [0.2, 0.25) is 0 Å². The average Bonchev–Trinajstić information content (AvgIpc) is 2.13. The van der Waals surface area contributed by atoms with Crippen molar-refractivity contribution < 1.29 is 8.42 Å². The lowest BCUT2D eigenvalue weighted by molar-refractivity contribution is 0.383. The molecule has 0 aliphatic carbocycles. The molecule has 1 aliphatic heterocycles. The summed E-state index contributed by atoms with van der Waals surface area (Å²) < 4.78 is 23.4. The summed E-state index contributed by atoms with van der Waals surface area (Å²) in [5.41, 5.74) is 0. The molecule has 1 saturated heterocycles. The van der Waals surface area contributed by atoms with Gasteiger partial charge >= 0.3 is 0 Å². The third kappa shape index (κ3) is 2.00. The molecule has 1 fully saturated rings. The van der Waals surface area contributed by atoms with Crippen LogP contribution in [0.2, 0.25) is 0 Å². The Morgan fingerprint density at radius 1 is 1.36 bits per heavy atom. The number of rotatable bonds is 0. The van der Waals surface area contributed by atoms with Crippen LogP contribution in [0.5, 0.6) is 0 Å². The van der Waals surface area contributed by atoms with Crippen LogP contribution in [0.4, 0.5) is 0 Å². The summed E-state index contributed by atoms with van der Waals surface area (Å²) in [4.78, 5) is 1.91. The van der Waals surface area contributed by atoms with E-state index in [0.717, 1.165) is 0 Å². The van der Waals surface area contributed by atoms with Gasteiger partial charge in [0.1, 0.15) is 0 Å². The van der Waals surface area contributed by atoms with Crippen molar-refractivity contribution in [3.63, 3.8) is 0 Å². The lowest BCUT2D eigenvalue weighted by Gasteiger charge is -2.36. The van der Waals surface area contributed by atoms with Crippen molar-refractivity contribution in [3.05, 3.63) is 0 Å². The molecule has 0 saturated carbocycles. The molecule has 0 aromatic rings. The van der Waals surface area contributed by atoms with Crippen LogP contribution in [-0.2, 0) is 9.84 Å². The van der Waals surface area contributed by atoms with Crippen LogP contribution in [0.15, 0.2) is 0 Å². The molecule has 0 radical (unpaired) electrons. The molecule has 6 heteroatoms. The van der Waals surface area contributed by atoms with E-state index >= 15 is 0 Å². The lowest BCUT2D eigenvalue weighted by atomic mass is 10.3. The van der Waals surface area contributed by atoms with Crippen molar-refractivity contribution in [1.29, 1.82) is 0 Å². The van der Waals surface area contributed by atoms with E-state index in [1.807, 2.05) is 4.90 Å². The van der Waals surface area contributed by atoms with E-state index in [-0.39, 0.29) is 10.5 Å². The molecule has 2 unspecified atom stereocenters. The number of hydrogen-bond donors (Lipinski definition) is 1. The Kier molecular flexibility index (Phi) is 3.36. The number of nitrogens with zero attached hydrogens (tertiary/aromatic N) is 1. The molecule has 14 heavy (non-hydrogen) atoms. The molecule has 82 valence electrons. The molecule has 0 aromatic carbocycles. The van der Waals surface area contributed by atoms with E-state index in [2.05, 4.69) is 5.32 Å². The summed E-state index contributed by atoms with van der Waals surface area (Å²) in [5, 5.41) is 2.82. The highest BCUT2D eigenvalue weighted by Gasteiger charge is 2.36. The van der Waals surface area contributed by atoms with Gasteiger partial charge in [-0.25, -0.2) is 8.42 Å². The van der Waals surface area contributed by atoms with Crippen LogP contribution in [-0.4, -0.2) is 49.1 Å². The van der Waals surface area contributed by atoms with Crippen LogP contribution in [0.25, 0.3) is 0 Å². The summed E-state index contributed by atoms with van der Waals surface area (Å²) >= 11 is 5.08. The number of sulfone groups is 1. The number of hydrogen-bond acceptors (Lipinski definition) is 3. The highest BCUT2D eigenvalue weighted by Crippen LogP contribution is 2.18. The van der Waals surface area contributed by atoms with E-state index in [1.54, 1.807) is 20.9 Å². The normalized spacial score (nSPS) is 31.2. The minimum Gasteiger partial charge on any atom is -0.366 e. The van der Waals surface area contributed by atoms with Crippen molar-refractivity contribution in [2.45, 2.75) is 24.3 Å². The molecular formula is C8H16N2O2S2. The maximum atomic E-state index is 11.7. The van der Waals surface area contributed by atoms with Gasteiger partial charge in [0, 0.05) is 20.1 Å².